The molecule has 1 saturated heterocycles. The van der Waals surface area contributed by atoms with Crippen LogP contribution in [0.4, 0.5) is 11.4 Å². The van der Waals surface area contributed by atoms with Crippen LogP contribution in [0.15, 0.2) is 51.5 Å². The lowest BCUT2D eigenvalue weighted by atomic mass is 10.2. The predicted molar refractivity (Wildman–Crippen MR) is 99.0 cm³/mol. The van der Waals surface area contributed by atoms with Gasteiger partial charge in [0.05, 0.1) is 37.4 Å². The van der Waals surface area contributed by atoms with E-state index in [0.29, 0.717) is 23.2 Å². The summed E-state index contributed by atoms with van der Waals surface area (Å²) in [5, 5.41) is 15.2. The molecule has 0 bridgehead atoms. The molecule has 0 radical (unpaired) electrons. The molecule has 4 rings (SSSR count). The van der Waals surface area contributed by atoms with Gasteiger partial charge in [-0.3, -0.25) is 10.1 Å². The van der Waals surface area contributed by atoms with Crippen molar-refractivity contribution in [2.24, 2.45) is 0 Å². The number of nitro groups is 1. The van der Waals surface area contributed by atoms with Crippen LogP contribution in [0, 0.1) is 15.0 Å². The van der Waals surface area contributed by atoms with Crippen molar-refractivity contribution >= 4 is 23.6 Å². The zero-order valence-electron chi connectivity index (χ0n) is 14.4. The van der Waals surface area contributed by atoms with E-state index in [1.807, 2.05) is 0 Å². The molecule has 3 aromatic rings. The number of rotatable bonds is 5. The van der Waals surface area contributed by atoms with Gasteiger partial charge in [0.25, 0.3) is 16.4 Å². The smallest absolute Gasteiger partial charge is 0.292 e. The molecule has 3 heterocycles. The Morgan fingerprint density at radius 3 is 2.59 bits per heavy atom. The van der Waals surface area contributed by atoms with Gasteiger partial charge in [-0.1, -0.05) is 0 Å². The van der Waals surface area contributed by atoms with Crippen molar-refractivity contribution in [2.75, 3.05) is 31.1 Å². The zero-order chi connectivity index (χ0) is 18.8. The molecule has 0 spiro atoms. The lowest BCUT2D eigenvalue weighted by Crippen LogP contribution is -3.14. The number of benzene rings is 1. The van der Waals surface area contributed by atoms with E-state index < -0.39 is 0 Å². The van der Waals surface area contributed by atoms with Gasteiger partial charge in [0, 0.05) is 17.8 Å². The highest BCUT2D eigenvalue weighted by Crippen LogP contribution is 2.19. The molecule has 0 saturated carbocycles. The Morgan fingerprint density at radius 1 is 1.22 bits per heavy atom. The van der Waals surface area contributed by atoms with Gasteiger partial charge in [0.1, 0.15) is 0 Å². The van der Waals surface area contributed by atoms with Crippen LogP contribution < -0.4 is 9.80 Å². The Bertz CT molecular complexity index is 972. The first kappa shape index (κ1) is 17.4. The SMILES string of the molecule is O=[N+]([O-])c1ccc(N2CC[NH+](Cn3nc(-c4ccco4)oc3=S)CC2)cc1. The number of hydrogen-bond acceptors (Lipinski definition) is 7. The molecule has 140 valence electrons. The summed E-state index contributed by atoms with van der Waals surface area (Å²) in [6.07, 6.45) is 1.57. The first-order valence-corrected chi connectivity index (χ1v) is 8.96. The third-order valence-electron chi connectivity index (χ3n) is 4.61. The Hall–Kier alpha value is -2.98. The molecule has 1 aliphatic rings. The summed E-state index contributed by atoms with van der Waals surface area (Å²) >= 11 is 5.26. The van der Waals surface area contributed by atoms with Crippen molar-refractivity contribution in [3.8, 4) is 11.7 Å². The second kappa shape index (κ2) is 7.33. The molecule has 1 N–H and O–H groups in total. The molecule has 0 atom stereocenters. The highest BCUT2D eigenvalue weighted by atomic mass is 32.1. The molecule has 0 amide bonds. The summed E-state index contributed by atoms with van der Waals surface area (Å²) in [5.41, 5.74) is 1.11. The van der Waals surface area contributed by atoms with Crippen LogP contribution in [0.1, 0.15) is 0 Å². The fraction of sp³-hybridized carbons (Fsp3) is 0.294. The molecule has 1 fully saturated rings. The number of piperazine rings is 1. The molecular weight excluding hydrogens is 370 g/mol. The molecule has 1 aliphatic heterocycles. The predicted octanol–water partition coefficient (Wildman–Crippen LogP) is 1.74. The van der Waals surface area contributed by atoms with Crippen molar-refractivity contribution in [2.45, 2.75) is 6.67 Å². The van der Waals surface area contributed by atoms with Crippen molar-refractivity contribution in [3.63, 3.8) is 0 Å². The number of aromatic nitrogens is 2. The number of nitrogens with one attached hydrogen (secondary N) is 1. The van der Waals surface area contributed by atoms with Crippen LogP contribution in [0.5, 0.6) is 0 Å². The first-order valence-electron chi connectivity index (χ1n) is 8.55. The minimum absolute atomic E-state index is 0.107. The maximum atomic E-state index is 10.8. The van der Waals surface area contributed by atoms with Gasteiger partial charge in [0.15, 0.2) is 12.4 Å². The molecule has 2 aromatic heterocycles. The molecule has 9 nitrogen and oxygen atoms in total. The summed E-state index contributed by atoms with van der Waals surface area (Å²) < 4.78 is 12.5. The quantitative estimate of drug-likeness (QED) is 0.404. The largest absolute Gasteiger partial charge is 0.459 e. The van der Waals surface area contributed by atoms with Crippen LogP contribution in [0.3, 0.4) is 0 Å². The summed E-state index contributed by atoms with van der Waals surface area (Å²) in [6.45, 7) is 4.13. The number of anilines is 1. The number of quaternary nitrogens is 1. The minimum atomic E-state index is -0.385. The number of hydrogen-bond donors (Lipinski definition) is 1. The topological polar surface area (TPSA) is 94.9 Å². The lowest BCUT2D eigenvalue weighted by molar-refractivity contribution is -0.924. The molecule has 1 aromatic carbocycles. The van der Waals surface area contributed by atoms with Gasteiger partial charge >= 0.3 is 0 Å². The Labute approximate surface area is 159 Å². The van der Waals surface area contributed by atoms with Crippen molar-refractivity contribution in [3.05, 3.63) is 57.6 Å². The second-order valence-corrected chi connectivity index (χ2v) is 6.67. The first-order chi connectivity index (χ1) is 13.1. The molecule has 27 heavy (non-hydrogen) atoms. The maximum Gasteiger partial charge on any atom is 0.292 e. The van der Waals surface area contributed by atoms with E-state index in [9.17, 15) is 10.1 Å². The fourth-order valence-corrected chi connectivity index (χ4v) is 3.33. The Morgan fingerprint density at radius 2 is 1.96 bits per heavy atom. The highest BCUT2D eigenvalue weighted by Gasteiger charge is 2.22. The Kier molecular flexibility index (Phi) is 4.73. The van der Waals surface area contributed by atoms with E-state index in [2.05, 4.69) is 10.00 Å². The average Bonchev–Trinajstić information content (AvgIpc) is 3.33. The summed E-state index contributed by atoms with van der Waals surface area (Å²) in [7, 11) is 0. The maximum absolute atomic E-state index is 10.8. The van der Waals surface area contributed by atoms with Gasteiger partial charge in [-0.15, -0.1) is 5.10 Å². The van der Waals surface area contributed by atoms with E-state index >= 15 is 0 Å². The van der Waals surface area contributed by atoms with Crippen LogP contribution in [-0.4, -0.2) is 40.9 Å². The van der Waals surface area contributed by atoms with E-state index in [-0.39, 0.29) is 10.6 Å². The number of non-ortho nitro benzene ring substituents is 1. The van der Waals surface area contributed by atoms with Crippen molar-refractivity contribution in [1.29, 1.82) is 0 Å². The standard InChI is InChI=1S/C17H17N5O4S/c23-22(24)14-5-3-13(4-6-14)20-9-7-19(8-10-20)12-21-17(27)26-16(18-21)15-2-1-11-25-15/h1-6,11H,7-10,12H2/p+1. The van der Waals surface area contributed by atoms with E-state index in [4.69, 9.17) is 21.1 Å². The average molecular weight is 388 g/mol. The monoisotopic (exact) mass is 388 g/mol. The molecule has 10 heteroatoms. The van der Waals surface area contributed by atoms with Gasteiger partial charge in [-0.05, 0) is 36.5 Å². The number of nitrogens with zero attached hydrogens (tertiary/aromatic N) is 4. The Balaban J connectivity index is 1.37. The van der Waals surface area contributed by atoms with Gasteiger partial charge < -0.3 is 18.6 Å². The van der Waals surface area contributed by atoms with E-state index in [0.717, 1.165) is 31.9 Å². The van der Waals surface area contributed by atoms with Crippen molar-refractivity contribution in [1.82, 2.24) is 9.78 Å². The highest BCUT2D eigenvalue weighted by molar-refractivity contribution is 7.71. The van der Waals surface area contributed by atoms with E-state index in [1.54, 1.807) is 47.3 Å². The number of furan rings is 1. The number of nitro benzene ring substituents is 1. The fourth-order valence-electron chi connectivity index (χ4n) is 3.14. The third kappa shape index (κ3) is 3.76. The summed E-state index contributed by atoms with van der Waals surface area (Å²) in [5.74, 6) is 0.937. The van der Waals surface area contributed by atoms with Crippen LogP contribution in [0.25, 0.3) is 11.7 Å². The summed E-state index contributed by atoms with van der Waals surface area (Å²) in [6, 6.07) is 10.2. The third-order valence-corrected chi connectivity index (χ3v) is 4.90. The van der Waals surface area contributed by atoms with Crippen LogP contribution >= 0.6 is 12.2 Å². The minimum Gasteiger partial charge on any atom is -0.459 e. The molecule has 0 unspecified atom stereocenters. The summed E-state index contributed by atoms with van der Waals surface area (Å²) in [4.78, 5) is 14.3. The molecular formula is C17H18N5O4S+. The van der Waals surface area contributed by atoms with Gasteiger partial charge in [0.2, 0.25) is 0 Å². The normalized spacial score (nSPS) is 15.2. The second-order valence-electron chi connectivity index (χ2n) is 6.32. The van der Waals surface area contributed by atoms with Crippen LogP contribution in [-0.2, 0) is 6.67 Å². The zero-order valence-corrected chi connectivity index (χ0v) is 15.2. The van der Waals surface area contributed by atoms with Crippen molar-refractivity contribution < 1.29 is 18.7 Å². The van der Waals surface area contributed by atoms with Gasteiger partial charge in [-0.2, -0.15) is 4.68 Å². The molecule has 0 aliphatic carbocycles. The lowest BCUT2D eigenvalue weighted by Gasteiger charge is -2.33. The van der Waals surface area contributed by atoms with Gasteiger partial charge in [-0.25, -0.2) is 0 Å². The van der Waals surface area contributed by atoms with Crippen LogP contribution in [0.2, 0.25) is 0 Å². The van der Waals surface area contributed by atoms with E-state index in [1.165, 1.54) is 4.90 Å².